The van der Waals surface area contributed by atoms with Gasteiger partial charge in [0.25, 0.3) is 5.91 Å². The summed E-state index contributed by atoms with van der Waals surface area (Å²) >= 11 is 0. The number of hydrogen-bond acceptors (Lipinski definition) is 2. The molecule has 0 atom stereocenters. The van der Waals surface area contributed by atoms with Gasteiger partial charge in [0.2, 0.25) is 0 Å². The summed E-state index contributed by atoms with van der Waals surface area (Å²) in [6.07, 6.45) is 0.843. The third kappa shape index (κ3) is 2.03. The van der Waals surface area contributed by atoms with E-state index < -0.39 is 0 Å². The number of nitrogens with zero attached hydrogens (tertiary/aromatic N) is 3. The third-order valence-corrected chi connectivity index (χ3v) is 3.74. The Morgan fingerprint density at radius 1 is 1.26 bits per heavy atom. The van der Waals surface area contributed by atoms with E-state index >= 15 is 0 Å². The number of carbonyl (C=O) groups is 1. The van der Waals surface area contributed by atoms with Gasteiger partial charge in [-0.25, -0.2) is 0 Å². The SMILES string of the molecule is Cc1c2c(nn1C)CCN(Cc1ccccc1)C2=O. The lowest BCUT2D eigenvalue weighted by atomic mass is 10.0. The first-order valence-electron chi connectivity index (χ1n) is 6.52. The number of aryl methyl sites for hydroxylation is 1. The summed E-state index contributed by atoms with van der Waals surface area (Å²) in [6.45, 7) is 3.38. The van der Waals surface area contributed by atoms with E-state index in [1.54, 1.807) is 4.68 Å². The zero-order valence-electron chi connectivity index (χ0n) is 11.3. The van der Waals surface area contributed by atoms with Crippen molar-refractivity contribution in [3.63, 3.8) is 0 Å². The molecule has 2 aromatic rings. The van der Waals surface area contributed by atoms with E-state index in [9.17, 15) is 4.79 Å². The molecule has 1 aromatic heterocycles. The quantitative estimate of drug-likeness (QED) is 0.822. The molecule has 0 N–H and O–H groups in total. The van der Waals surface area contributed by atoms with Crippen LogP contribution in [0.4, 0.5) is 0 Å². The van der Waals surface area contributed by atoms with Crippen LogP contribution < -0.4 is 0 Å². The Morgan fingerprint density at radius 2 is 2.00 bits per heavy atom. The van der Waals surface area contributed by atoms with Gasteiger partial charge < -0.3 is 4.90 Å². The summed E-state index contributed by atoms with van der Waals surface area (Å²) in [4.78, 5) is 14.4. The van der Waals surface area contributed by atoms with Crippen LogP contribution in [0.1, 0.15) is 27.3 Å². The van der Waals surface area contributed by atoms with Crippen LogP contribution in [0.5, 0.6) is 0 Å². The molecule has 4 nitrogen and oxygen atoms in total. The maximum atomic E-state index is 12.5. The minimum absolute atomic E-state index is 0.107. The van der Waals surface area contributed by atoms with Crippen molar-refractivity contribution < 1.29 is 4.79 Å². The molecular formula is C15H17N3O. The van der Waals surface area contributed by atoms with E-state index in [1.165, 1.54) is 5.56 Å². The molecule has 0 bridgehead atoms. The number of aromatic nitrogens is 2. The predicted molar refractivity (Wildman–Crippen MR) is 72.8 cm³/mol. The Labute approximate surface area is 112 Å². The van der Waals surface area contributed by atoms with Crippen LogP contribution in [0.2, 0.25) is 0 Å². The van der Waals surface area contributed by atoms with Gasteiger partial charge in [-0.1, -0.05) is 30.3 Å². The lowest BCUT2D eigenvalue weighted by Crippen LogP contribution is -2.37. The average molecular weight is 255 g/mol. The molecule has 0 saturated carbocycles. The molecule has 0 radical (unpaired) electrons. The van der Waals surface area contributed by atoms with E-state index in [2.05, 4.69) is 17.2 Å². The van der Waals surface area contributed by atoms with E-state index in [1.807, 2.05) is 37.1 Å². The van der Waals surface area contributed by atoms with Crippen molar-refractivity contribution in [3.8, 4) is 0 Å². The van der Waals surface area contributed by atoms with Crippen LogP contribution in [0.15, 0.2) is 30.3 Å². The van der Waals surface area contributed by atoms with Gasteiger partial charge in [-0.15, -0.1) is 0 Å². The maximum Gasteiger partial charge on any atom is 0.257 e. The maximum absolute atomic E-state index is 12.5. The van der Waals surface area contributed by atoms with Crippen molar-refractivity contribution in [2.75, 3.05) is 6.54 Å². The van der Waals surface area contributed by atoms with Crippen LogP contribution in [0, 0.1) is 6.92 Å². The predicted octanol–water partition coefficient (Wildman–Crippen LogP) is 1.93. The molecular weight excluding hydrogens is 238 g/mol. The highest BCUT2D eigenvalue weighted by atomic mass is 16.2. The topological polar surface area (TPSA) is 38.1 Å². The molecule has 0 spiro atoms. The first kappa shape index (κ1) is 12.0. The van der Waals surface area contributed by atoms with E-state index in [0.29, 0.717) is 6.54 Å². The highest BCUT2D eigenvalue weighted by Crippen LogP contribution is 2.22. The second kappa shape index (κ2) is 4.53. The summed E-state index contributed by atoms with van der Waals surface area (Å²) in [5.41, 5.74) is 3.86. The van der Waals surface area contributed by atoms with Gasteiger partial charge in [0, 0.05) is 32.3 Å². The summed E-state index contributed by atoms with van der Waals surface area (Å²) < 4.78 is 1.80. The molecule has 19 heavy (non-hydrogen) atoms. The van der Waals surface area contributed by atoms with Crippen LogP contribution in [0.25, 0.3) is 0 Å². The van der Waals surface area contributed by atoms with Crippen molar-refractivity contribution in [1.29, 1.82) is 0 Å². The molecule has 0 unspecified atom stereocenters. The molecule has 1 aromatic carbocycles. The first-order chi connectivity index (χ1) is 9.16. The Hall–Kier alpha value is -2.10. The van der Waals surface area contributed by atoms with E-state index in [-0.39, 0.29) is 5.91 Å². The van der Waals surface area contributed by atoms with Crippen LogP contribution in [0.3, 0.4) is 0 Å². The number of fused-ring (bicyclic) bond motifs is 1. The normalized spacial score (nSPS) is 14.6. The monoisotopic (exact) mass is 255 g/mol. The zero-order valence-corrected chi connectivity index (χ0v) is 11.3. The minimum Gasteiger partial charge on any atom is -0.334 e. The fourth-order valence-electron chi connectivity index (χ4n) is 2.59. The fourth-order valence-corrected chi connectivity index (χ4v) is 2.59. The number of amides is 1. The van der Waals surface area contributed by atoms with Gasteiger partial charge in [0.15, 0.2) is 0 Å². The number of hydrogen-bond donors (Lipinski definition) is 0. The molecule has 98 valence electrons. The zero-order chi connectivity index (χ0) is 13.4. The number of benzene rings is 1. The Kier molecular flexibility index (Phi) is 2.85. The van der Waals surface area contributed by atoms with Gasteiger partial charge in [-0.3, -0.25) is 9.48 Å². The molecule has 1 aliphatic heterocycles. The molecule has 1 amide bonds. The number of rotatable bonds is 2. The molecule has 0 fully saturated rings. The summed E-state index contributed by atoms with van der Waals surface area (Å²) in [6, 6.07) is 10.1. The highest BCUT2D eigenvalue weighted by Gasteiger charge is 2.29. The fraction of sp³-hybridized carbons (Fsp3) is 0.333. The van der Waals surface area contributed by atoms with Gasteiger partial charge >= 0.3 is 0 Å². The number of carbonyl (C=O) groups excluding carboxylic acids is 1. The molecule has 0 saturated heterocycles. The highest BCUT2D eigenvalue weighted by molar-refractivity contribution is 5.97. The van der Waals surface area contributed by atoms with Crippen LogP contribution >= 0.6 is 0 Å². The molecule has 1 aliphatic rings. The molecule has 4 heteroatoms. The van der Waals surface area contributed by atoms with Crippen molar-refractivity contribution in [3.05, 3.63) is 52.8 Å². The van der Waals surface area contributed by atoms with Gasteiger partial charge in [0.05, 0.1) is 11.3 Å². The van der Waals surface area contributed by atoms with Gasteiger partial charge in [-0.2, -0.15) is 5.10 Å². The van der Waals surface area contributed by atoms with Crippen molar-refractivity contribution in [2.24, 2.45) is 7.05 Å². The third-order valence-electron chi connectivity index (χ3n) is 3.74. The van der Waals surface area contributed by atoms with Crippen molar-refractivity contribution in [1.82, 2.24) is 14.7 Å². The Morgan fingerprint density at radius 3 is 2.74 bits per heavy atom. The van der Waals surface area contributed by atoms with Gasteiger partial charge in [-0.05, 0) is 12.5 Å². The molecule has 2 heterocycles. The molecule has 3 rings (SSSR count). The second-order valence-electron chi connectivity index (χ2n) is 4.99. The van der Waals surface area contributed by atoms with E-state index in [0.717, 1.165) is 29.9 Å². The first-order valence-corrected chi connectivity index (χ1v) is 6.52. The van der Waals surface area contributed by atoms with Crippen LogP contribution in [-0.4, -0.2) is 27.1 Å². The Balaban J connectivity index is 1.87. The minimum atomic E-state index is 0.107. The molecule has 0 aliphatic carbocycles. The van der Waals surface area contributed by atoms with Gasteiger partial charge in [0.1, 0.15) is 0 Å². The van der Waals surface area contributed by atoms with Crippen molar-refractivity contribution in [2.45, 2.75) is 19.9 Å². The average Bonchev–Trinajstić information content (AvgIpc) is 2.71. The summed E-state index contributed by atoms with van der Waals surface area (Å²) in [7, 11) is 1.89. The van der Waals surface area contributed by atoms with Crippen molar-refractivity contribution >= 4 is 5.91 Å². The standard InChI is InChI=1S/C15H17N3O/c1-11-14-13(16-17(11)2)8-9-18(15(14)19)10-12-6-4-3-5-7-12/h3-7H,8-10H2,1-2H3. The summed E-state index contributed by atoms with van der Waals surface area (Å²) in [5, 5.41) is 4.41. The smallest absolute Gasteiger partial charge is 0.257 e. The Bertz CT molecular complexity index is 616. The summed E-state index contributed by atoms with van der Waals surface area (Å²) in [5.74, 6) is 0.107. The van der Waals surface area contributed by atoms with E-state index in [4.69, 9.17) is 0 Å². The van der Waals surface area contributed by atoms with Crippen LogP contribution in [-0.2, 0) is 20.0 Å². The second-order valence-corrected chi connectivity index (χ2v) is 4.99. The lowest BCUT2D eigenvalue weighted by Gasteiger charge is -2.26. The largest absolute Gasteiger partial charge is 0.334 e. The lowest BCUT2D eigenvalue weighted by molar-refractivity contribution is 0.0726.